The second-order valence-electron chi connectivity index (χ2n) is 7.48. The van der Waals surface area contributed by atoms with E-state index in [1.54, 1.807) is 4.90 Å². The number of carbonyl (C=O) groups is 3. The van der Waals surface area contributed by atoms with E-state index in [4.69, 9.17) is 10.5 Å². The van der Waals surface area contributed by atoms with Gasteiger partial charge in [0.05, 0.1) is 13.2 Å². The number of hydrogen-bond donors (Lipinski definition) is 2. The summed E-state index contributed by atoms with van der Waals surface area (Å²) in [5, 5.41) is 2.59. The van der Waals surface area contributed by atoms with Gasteiger partial charge in [-0.05, 0) is 48.9 Å². The van der Waals surface area contributed by atoms with E-state index in [9.17, 15) is 18.8 Å². The van der Waals surface area contributed by atoms with Gasteiger partial charge in [0.1, 0.15) is 17.6 Å². The van der Waals surface area contributed by atoms with Crippen LogP contribution >= 0.6 is 0 Å². The molecule has 1 saturated heterocycles. The van der Waals surface area contributed by atoms with Crippen LogP contribution in [0.3, 0.4) is 0 Å². The molecule has 146 valence electrons. The van der Waals surface area contributed by atoms with Gasteiger partial charge in [-0.25, -0.2) is 4.39 Å². The number of hydrogen-bond acceptors (Lipinski definition) is 4. The molecule has 8 heteroatoms. The van der Waals surface area contributed by atoms with Gasteiger partial charge >= 0.3 is 0 Å². The summed E-state index contributed by atoms with van der Waals surface area (Å²) in [7, 11) is 0. The number of likely N-dealkylation sites (tertiary alicyclic amines) is 1. The first-order chi connectivity index (χ1) is 12.8. The summed E-state index contributed by atoms with van der Waals surface area (Å²) in [5.41, 5.74) is 5.39. The van der Waals surface area contributed by atoms with Crippen molar-refractivity contribution < 1.29 is 23.5 Å². The Bertz CT molecular complexity index is 739. The third-order valence-corrected chi connectivity index (χ3v) is 5.32. The minimum Gasteiger partial charge on any atom is -0.494 e. The van der Waals surface area contributed by atoms with E-state index in [0.717, 1.165) is 6.42 Å². The van der Waals surface area contributed by atoms with Crippen molar-refractivity contribution in [2.75, 3.05) is 13.2 Å². The molecule has 3 amide bonds. The van der Waals surface area contributed by atoms with E-state index in [2.05, 4.69) is 5.32 Å². The number of piperidine rings is 1. The largest absolute Gasteiger partial charge is 0.494 e. The Hall–Kier alpha value is -2.64. The highest BCUT2D eigenvalue weighted by Crippen LogP contribution is 2.58. The average Bonchev–Trinajstić information content (AvgIpc) is 3.19. The molecular weight excluding hydrogens is 353 g/mol. The molecular formula is C19H24FN3O4. The number of rotatable bonds is 8. The number of nitrogens with zero attached hydrogens (tertiary/aromatic N) is 1. The molecule has 1 heterocycles. The second kappa shape index (κ2) is 7.54. The number of carbonyl (C=O) groups excluding carboxylic acids is 3. The van der Waals surface area contributed by atoms with Gasteiger partial charge in [-0.3, -0.25) is 14.4 Å². The molecule has 27 heavy (non-hydrogen) atoms. The van der Waals surface area contributed by atoms with E-state index in [0.29, 0.717) is 25.2 Å². The highest BCUT2D eigenvalue weighted by atomic mass is 19.1. The Morgan fingerprint density at radius 2 is 2.00 bits per heavy atom. The molecule has 1 aliphatic heterocycles. The smallest absolute Gasteiger partial charge is 0.242 e. The van der Waals surface area contributed by atoms with Crippen molar-refractivity contribution in [1.29, 1.82) is 0 Å². The summed E-state index contributed by atoms with van der Waals surface area (Å²) in [6, 6.07) is 5.10. The molecule has 1 aromatic rings. The second-order valence-corrected chi connectivity index (χ2v) is 7.48. The molecule has 0 radical (unpaired) electrons. The number of nitrogens with one attached hydrogen (secondary N) is 1. The molecule has 1 aromatic carbocycles. The molecule has 0 spiro atoms. The van der Waals surface area contributed by atoms with Gasteiger partial charge in [0.15, 0.2) is 0 Å². The molecule has 7 nitrogen and oxygen atoms in total. The molecule has 1 saturated carbocycles. The summed E-state index contributed by atoms with van der Waals surface area (Å²) < 4.78 is 18.2. The van der Waals surface area contributed by atoms with Crippen molar-refractivity contribution in [2.45, 2.75) is 44.7 Å². The lowest BCUT2D eigenvalue weighted by Crippen LogP contribution is -2.49. The lowest BCUT2D eigenvalue weighted by Gasteiger charge is -2.25. The van der Waals surface area contributed by atoms with Crippen LogP contribution in [0.4, 0.5) is 4.39 Å². The van der Waals surface area contributed by atoms with Crippen LogP contribution in [0.15, 0.2) is 24.3 Å². The monoisotopic (exact) mass is 377 g/mol. The predicted octanol–water partition coefficient (Wildman–Crippen LogP) is 0.966. The molecule has 2 fully saturated rings. The van der Waals surface area contributed by atoms with E-state index < -0.39 is 11.9 Å². The quantitative estimate of drug-likeness (QED) is 0.659. The van der Waals surface area contributed by atoms with Crippen molar-refractivity contribution in [3.05, 3.63) is 30.1 Å². The van der Waals surface area contributed by atoms with Gasteiger partial charge in [0, 0.05) is 12.5 Å². The van der Waals surface area contributed by atoms with Crippen LogP contribution in [-0.4, -0.2) is 47.9 Å². The highest BCUT2D eigenvalue weighted by Gasteiger charge is 2.63. The van der Waals surface area contributed by atoms with Gasteiger partial charge < -0.3 is 20.7 Å². The van der Waals surface area contributed by atoms with Crippen molar-refractivity contribution in [3.63, 3.8) is 0 Å². The zero-order valence-electron chi connectivity index (χ0n) is 15.2. The maximum atomic E-state index is 12.8. The molecule has 0 aromatic heterocycles. The van der Waals surface area contributed by atoms with Gasteiger partial charge in [-0.2, -0.15) is 0 Å². The maximum Gasteiger partial charge on any atom is 0.242 e. The molecule has 3 atom stereocenters. The predicted molar refractivity (Wildman–Crippen MR) is 95.1 cm³/mol. The first-order valence-corrected chi connectivity index (χ1v) is 9.06. The van der Waals surface area contributed by atoms with Crippen molar-refractivity contribution in [3.8, 4) is 5.75 Å². The number of primary amides is 1. The minimum absolute atomic E-state index is 0.0168. The standard InChI is InChI=1S/C19H24FN3O4/c1-19-9-14(18(21)26)23(15(19)10-19)17(25)11-22-16(24)3-2-8-27-13-6-4-12(20)5-7-13/h4-7,14-15H,2-3,8-11H2,1H3,(H2,21,26)(H,22,24). The molecule has 3 N–H and O–H groups in total. The van der Waals surface area contributed by atoms with Crippen LogP contribution in [-0.2, 0) is 14.4 Å². The summed E-state index contributed by atoms with van der Waals surface area (Å²) >= 11 is 0. The highest BCUT2D eigenvalue weighted by molar-refractivity contribution is 5.91. The summed E-state index contributed by atoms with van der Waals surface area (Å²) in [4.78, 5) is 37.5. The van der Waals surface area contributed by atoms with Crippen molar-refractivity contribution in [1.82, 2.24) is 10.2 Å². The SMILES string of the molecule is CC12CC(C(N)=O)N(C(=O)CNC(=O)CCCOc3ccc(F)cc3)C1C2. The number of ether oxygens (including phenoxy) is 1. The zero-order valence-corrected chi connectivity index (χ0v) is 15.2. The lowest BCUT2D eigenvalue weighted by molar-refractivity contribution is -0.138. The Balaban J connectivity index is 1.37. The Kier molecular flexibility index (Phi) is 5.34. The Morgan fingerprint density at radius 3 is 2.67 bits per heavy atom. The molecule has 1 aliphatic carbocycles. The Morgan fingerprint density at radius 1 is 1.30 bits per heavy atom. The normalized spacial score (nSPS) is 25.6. The first-order valence-electron chi connectivity index (χ1n) is 9.06. The maximum absolute atomic E-state index is 12.8. The molecule has 2 aliphatic rings. The summed E-state index contributed by atoms with van der Waals surface area (Å²) in [6.45, 7) is 2.21. The Labute approximate surface area is 157 Å². The van der Waals surface area contributed by atoms with Crippen LogP contribution in [0.5, 0.6) is 5.75 Å². The number of fused-ring (bicyclic) bond motifs is 1. The zero-order chi connectivity index (χ0) is 19.6. The van der Waals surface area contributed by atoms with Crippen LogP contribution in [0.2, 0.25) is 0 Å². The van der Waals surface area contributed by atoms with E-state index >= 15 is 0 Å². The van der Waals surface area contributed by atoms with E-state index in [-0.39, 0.29) is 42.1 Å². The number of nitrogens with two attached hydrogens (primary N) is 1. The average molecular weight is 377 g/mol. The molecule has 3 unspecified atom stereocenters. The van der Waals surface area contributed by atoms with Crippen LogP contribution < -0.4 is 15.8 Å². The fourth-order valence-corrected chi connectivity index (χ4v) is 3.69. The van der Waals surface area contributed by atoms with Crippen LogP contribution in [0, 0.1) is 11.2 Å². The number of benzene rings is 1. The number of halogens is 1. The third kappa shape index (κ3) is 4.37. The fourth-order valence-electron chi connectivity index (χ4n) is 3.69. The summed E-state index contributed by atoms with van der Waals surface area (Å²) in [6.07, 6.45) is 2.13. The molecule has 0 bridgehead atoms. The van der Waals surface area contributed by atoms with Gasteiger partial charge in [-0.1, -0.05) is 6.92 Å². The first kappa shape index (κ1) is 19.1. The third-order valence-electron chi connectivity index (χ3n) is 5.32. The lowest BCUT2D eigenvalue weighted by atomic mass is 10.0. The fraction of sp³-hybridized carbons (Fsp3) is 0.526. The van der Waals surface area contributed by atoms with Gasteiger partial charge in [-0.15, -0.1) is 0 Å². The van der Waals surface area contributed by atoms with Crippen molar-refractivity contribution >= 4 is 17.7 Å². The summed E-state index contributed by atoms with van der Waals surface area (Å²) in [5.74, 6) is -0.845. The minimum atomic E-state index is -0.581. The van der Waals surface area contributed by atoms with E-state index in [1.807, 2.05) is 6.92 Å². The van der Waals surface area contributed by atoms with Crippen LogP contribution in [0.1, 0.15) is 32.6 Å². The topological polar surface area (TPSA) is 102 Å². The molecule has 3 rings (SSSR count). The van der Waals surface area contributed by atoms with E-state index in [1.165, 1.54) is 24.3 Å². The number of amides is 3. The van der Waals surface area contributed by atoms with Gasteiger partial charge in [0.2, 0.25) is 17.7 Å². The van der Waals surface area contributed by atoms with Crippen LogP contribution in [0.25, 0.3) is 0 Å². The van der Waals surface area contributed by atoms with Crippen molar-refractivity contribution in [2.24, 2.45) is 11.1 Å². The van der Waals surface area contributed by atoms with Gasteiger partial charge in [0.25, 0.3) is 0 Å².